The second-order valence-corrected chi connectivity index (χ2v) is 10.7. The molecule has 1 N–H and O–H groups in total. The van der Waals surface area contributed by atoms with Gasteiger partial charge in [-0.1, -0.05) is 48.5 Å². The summed E-state index contributed by atoms with van der Waals surface area (Å²) in [5.41, 5.74) is 1.58. The topological polar surface area (TPSA) is 73.7 Å². The summed E-state index contributed by atoms with van der Waals surface area (Å²) in [6.45, 7) is 2.44. The first-order chi connectivity index (χ1) is 18.3. The molecule has 6 nitrogen and oxygen atoms in total. The molecule has 1 saturated heterocycles. The molecule has 0 aliphatic carbocycles. The molecule has 0 unspecified atom stereocenters. The molecule has 2 aliphatic rings. The number of halogens is 2. The molecule has 1 fully saturated rings. The molecule has 3 heterocycles. The number of carbonyl (C=O) groups excluding carboxylic acids is 2. The van der Waals surface area contributed by atoms with Gasteiger partial charge in [0.1, 0.15) is 9.88 Å². The Balaban J connectivity index is 1.49. The maximum Gasteiger partial charge on any atom is 0.275 e. The van der Waals surface area contributed by atoms with E-state index in [1.54, 1.807) is 36.1 Å². The van der Waals surface area contributed by atoms with Crippen LogP contribution in [0.5, 0.6) is 0 Å². The zero-order valence-electron chi connectivity index (χ0n) is 21.1. The average molecular weight is 538 g/mol. The SMILES string of the molecule is Cc1nc(-c2ccccc2)sc1C(=O)N1CCC(F)(F)/C(=C\C(=O)N2CCC(CO)CC2)c2ccccc21. The van der Waals surface area contributed by atoms with Crippen molar-refractivity contribution in [3.63, 3.8) is 0 Å². The van der Waals surface area contributed by atoms with Crippen molar-refractivity contribution in [3.05, 3.63) is 76.8 Å². The summed E-state index contributed by atoms with van der Waals surface area (Å²) in [7, 11) is 0. The van der Waals surface area contributed by atoms with E-state index in [9.17, 15) is 14.7 Å². The van der Waals surface area contributed by atoms with E-state index >= 15 is 8.78 Å². The van der Waals surface area contributed by atoms with Crippen LogP contribution in [-0.4, -0.2) is 59.0 Å². The highest BCUT2D eigenvalue weighted by atomic mass is 32.1. The summed E-state index contributed by atoms with van der Waals surface area (Å²) in [6, 6.07) is 16.0. The summed E-state index contributed by atoms with van der Waals surface area (Å²) in [5, 5.41) is 10.1. The molecule has 3 aromatic rings. The van der Waals surface area contributed by atoms with Gasteiger partial charge in [-0.2, -0.15) is 0 Å². The number of para-hydroxylation sites is 1. The molecule has 0 atom stereocenters. The first-order valence-corrected chi connectivity index (χ1v) is 13.5. The number of alkyl halides is 2. The minimum Gasteiger partial charge on any atom is -0.396 e. The van der Waals surface area contributed by atoms with E-state index in [0.717, 1.165) is 11.6 Å². The number of benzene rings is 2. The van der Waals surface area contributed by atoms with Crippen LogP contribution in [0, 0.1) is 12.8 Å². The number of aryl methyl sites for hydroxylation is 1. The van der Waals surface area contributed by atoms with Crippen LogP contribution in [0.25, 0.3) is 16.1 Å². The summed E-state index contributed by atoms with van der Waals surface area (Å²) in [5.74, 6) is -4.04. The van der Waals surface area contributed by atoms with Crippen molar-refractivity contribution in [2.45, 2.75) is 32.1 Å². The molecule has 0 bridgehead atoms. The Hall–Kier alpha value is -3.43. The van der Waals surface area contributed by atoms with Gasteiger partial charge in [-0.05, 0) is 31.7 Å². The monoisotopic (exact) mass is 537 g/mol. The number of fused-ring (bicyclic) bond motifs is 1. The van der Waals surface area contributed by atoms with Gasteiger partial charge in [-0.25, -0.2) is 13.8 Å². The third-order valence-electron chi connectivity index (χ3n) is 7.24. The predicted molar refractivity (Wildman–Crippen MR) is 144 cm³/mol. The van der Waals surface area contributed by atoms with Gasteiger partial charge < -0.3 is 14.9 Å². The Morgan fingerprint density at radius 2 is 1.76 bits per heavy atom. The van der Waals surface area contributed by atoms with Crippen molar-refractivity contribution in [2.24, 2.45) is 5.92 Å². The van der Waals surface area contributed by atoms with E-state index < -0.39 is 18.3 Å². The normalized spacial score (nSPS) is 18.8. The predicted octanol–water partition coefficient (Wildman–Crippen LogP) is 5.42. The molecular weight excluding hydrogens is 508 g/mol. The van der Waals surface area contributed by atoms with E-state index in [1.807, 2.05) is 30.3 Å². The van der Waals surface area contributed by atoms with Gasteiger partial charge in [-0.15, -0.1) is 11.3 Å². The fourth-order valence-electron chi connectivity index (χ4n) is 5.01. The number of anilines is 1. The molecule has 38 heavy (non-hydrogen) atoms. The molecule has 2 aliphatic heterocycles. The maximum absolute atomic E-state index is 15.6. The Bertz CT molecular complexity index is 1360. The van der Waals surface area contributed by atoms with E-state index in [0.29, 0.717) is 47.2 Å². The number of amides is 2. The average Bonchev–Trinajstić information content (AvgIpc) is 3.29. The highest BCUT2D eigenvalue weighted by molar-refractivity contribution is 7.17. The van der Waals surface area contributed by atoms with E-state index in [4.69, 9.17) is 0 Å². The number of nitrogens with zero attached hydrogens (tertiary/aromatic N) is 3. The Labute approximate surface area is 224 Å². The van der Waals surface area contributed by atoms with Crippen LogP contribution in [-0.2, 0) is 4.79 Å². The molecule has 5 rings (SSSR count). The Morgan fingerprint density at radius 1 is 1.08 bits per heavy atom. The number of hydrogen-bond acceptors (Lipinski definition) is 5. The van der Waals surface area contributed by atoms with Crippen molar-refractivity contribution in [1.29, 1.82) is 0 Å². The summed E-state index contributed by atoms with van der Waals surface area (Å²) in [4.78, 5) is 34.7. The molecule has 2 aromatic carbocycles. The van der Waals surface area contributed by atoms with Gasteiger partial charge in [-0.3, -0.25) is 9.59 Å². The molecule has 198 valence electrons. The summed E-state index contributed by atoms with van der Waals surface area (Å²) < 4.78 is 31.2. The number of likely N-dealkylation sites (tertiary alicyclic amines) is 1. The lowest BCUT2D eigenvalue weighted by molar-refractivity contribution is -0.127. The number of piperidine rings is 1. The lowest BCUT2D eigenvalue weighted by Crippen LogP contribution is -2.38. The number of aliphatic hydroxyl groups is 1. The van der Waals surface area contributed by atoms with E-state index in [2.05, 4.69) is 4.98 Å². The van der Waals surface area contributed by atoms with Gasteiger partial charge in [0.25, 0.3) is 11.8 Å². The highest BCUT2D eigenvalue weighted by Gasteiger charge is 2.42. The zero-order chi connectivity index (χ0) is 26.9. The number of aliphatic hydroxyl groups excluding tert-OH is 1. The summed E-state index contributed by atoms with van der Waals surface area (Å²) in [6.07, 6.45) is 1.71. The van der Waals surface area contributed by atoms with Gasteiger partial charge in [0.05, 0.1) is 11.4 Å². The minimum atomic E-state index is -3.30. The fourth-order valence-corrected chi connectivity index (χ4v) is 6.03. The second-order valence-electron chi connectivity index (χ2n) is 9.74. The number of thiazole rings is 1. The maximum atomic E-state index is 15.6. The van der Waals surface area contributed by atoms with Crippen molar-refractivity contribution < 1.29 is 23.5 Å². The van der Waals surface area contributed by atoms with Crippen LogP contribution in [0.2, 0.25) is 0 Å². The van der Waals surface area contributed by atoms with Crippen LogP contribution in [0.1, 0.15) is 40.2 Å². The third kappa shape index (κ3) is 5.13. The summed E-state index contributed by atoms with van der Waals surface area (Å²) >= 11 is 1.24. The molecule has 0 saturated carbocycles. The van der Waals surface area contributed by atoms with Crippen LogP contribution in [0.15, 0.2) is 60.7 Å². The van der Waals surface area contributed by atoms with Crippen LogP contribution in [0.4, 0.5) is 14.5 Å². The van der Waals surface area contributed by atoms with E-state index in [1.165, 1.54) is 16.2 Å². The van der Waals surface area contributed by atoms with Crippen LogP contribution in [0.3, 0.4) is 0 Å². The molecule has 9 heteroatoms. The van der Waals surface area contributed by atoms with Gasteiger partial charge in [0.2, 0.25) is 5.91 Å². The van der Waals surface area contributed by atoms with Crippen molar-refractivity contribution in [2.75, 3.05) is 31.1 Å². The number of hydrogen-bond donors (Lipinski definition) is 1. The van der Waals surface area contributed by atoms with Crippen molar-refractivity contribution in [3.8, 4) is 10.6 Å². The Kier molecular flexibility index (Phi) is 7.40. The smallest absolute Gasteiger partial charge is 0.275 e. The lowest BCUT2D eigenvalue weighted by atomic mass is 9.95. The lowest BCUT2D eigenvalue weighted by Gasteiger charge is -2.31. The quantitative estimate of drug-likeness (QED) is 0.451. The molecule has 1 aromatic heterocycles. The van der Waals surface area contributed by atoms with E-state index in [-0.39, 0.29) is 36.1 Å². The first-order valence-electron chi connectivity index (χ1n) is 12.7. The Morgan fingerprint density at radius 3 is 2.47 bits per heavy atom. The van der Waals surface area contributed by atoms with Crippen molar-refractivity contribution in [1.82, 2.24) is 9.88 Å². The number of carbonyl (C=O) groups is 2. The van der Waals surface area contributed by atoms with Crippen molar-refractivity contribution >= 4 is 34.4 Å². The molecular formula is C29H29F2N3O3S. The minimum absolute atomic E-state index is 0.0600. The van der Waals surface area contributed by atoms with Crippen LogP contribution < -0.4 is 4.90 Å². The number of rotatable bonds is 4. The second kappa shape index (κ2) is 10.7. The molecule has 0 spiro atoms. The number of aromatic nitrogens is 1. The molecule has 0 radical (unpaired) electrons. The van der Waals surface area contributed by atoms with Gasteiger partial charge >= 0.3 is 0 Å². The van der Waals surface area contributed by atoms with Crippen LogP contribution >= 0.6 is 11.3 Å². The largest absolute Gasteiger partial charge is 0.396 e. The van der Waals surface area contributed by atoms with Gasteiger partial charge in [0.15, 0.2) is 0 Å². The fraction of sp³-hybridized carbons (Fsp3) is 0.345. The molecule has 2 amide bonds. The number of allylic oxidation sites excluding steroid dienone is 1. The standard InChI is InChI=1S/C29H29F2N3O3S/c1-19-26(38-27(32-19)21-7-3-2-4-8-21)28(37)34-16-13-29(30,31)23(22-9-5-6-10-24(22)34)17-25(36)33-14-11-20(18-35)12-15-33/h2-10,17,20,35H,11-16,18H2,1H3/b23-17-. The zero-order valence-corrected chi connectivity index (χ0v) is 21.9. The van der Waals surface area contributed by atoms with Gasteiger partial charge in [0, 0.05) is 55.4 Å². The first kappa shape index (κ1) is 26.2. The third-order valence-corrected chi connectivity index (χ3v) is 8.43. The highest BCUT2D eigenvalue weighted by Crippen LogP contribution is 2.44.